The van der Waals surface area contributed by atoms with Crippen molar-refractivity contribution in [2.45, 2.75) is 25.1 Å². The molecule has 1 fully saturated rings. The summed E-state index contributed by atoms with van der Waals surface area (Å²) < 4.78 is 0. The molecule has 0 aromatic rings. The van der Waals surface area contributed by atoms with Crippen molar-refractivity contribution in [1.29, 1.82) is 0 Å². The van der Waals surface area contributed by atoms with E-state index in [0.29, 0.717) is 5.70 Å². The summed E-state index contributed by atoms with van der Waals surface area (Å²) in [5.74, 6) is -0.606. The molecule has 1 heterocycles. The Morgan fingerprint density at radius 2 is 2.29 bits per heavy atom. The molecule has 2 aliphatic rings. The first kappa shape index (κ1) is 9.25. The summed E-state index contributed by atoms with van der Waals surface area (Å²) in [6.07, 6.45) is 7.86. The van der Waals surface area contributed by atoms with Crippen LogP contribution in [-0.2, 0) is 9.59 Å². The molecule has 1 unspecified atom stereocenters. The minimum atomic E-state index is -0.437. The Labute approximate surface area is 83.5 Å². The Bertz CT molecular complexity index is 327. The second-order valence-corrected chi connectivity index (χ2v) is 3.55. The number of hydrogen-bond donors (Lipinski definition) is 1. The molecule has 1 saturated heterocycles. The maximum absolute atomic E-state index is 11.4. The first-order valence-electron chi connectivity index (χ1n) is 4.84. The lowest BCUT2D eigenvalue weighted by Crippen LogP contribution is -2.36. The maximum Gasteiger partial charge on any atom is 0.248 e. The topological polar surface area (TPSA) is 46.2 Å². The lowest BCUT2D eigenvalue weighted by molar-refractivity contribution is -0.131. The highest BCUT2D eigenvalue weighted by Crippen LogP contribution is 2.13. The van der Waals surface area contributed by atoms with Crippen LogP contribution >= 0.6 is 0 Å². The van der Waals surface area contributed by atoms with Gasteiger partial charge < -0.3 is 5.32 Å². The Morgan fingerprint density at radius 3 is 3.00 bits per heavy atom. The highest BCUT2D eigenvalue weighted by molar-refractivity contribution is 6.48. The molecule has 2 rings (SSSR count). The van der Waals surface area contributed by atoms with Crippen LogP contribution in [0.25, 0.3) is 0 Å². The molecule has 0 saturated carbocycles. The van der Waals surface area contributed by atoms with Crippen LogP contribution in [0.3, 0.4) is 0 Å². The number of nitrogens with one attached hydrogen (secondary N) is 1. The average Bonchev–Trinajstić information content (AvgIpc) is 2.66. The number of carbonyl (C=O) groups excluding carboxylic acids is 2. The molecule has 14 heavy (non-hydrogen) atoms. The molecule has 0 spiro atoms. The lowest BCUT2D eigenvalue weighted by Gasteiger charge is -2.15. The van der Waals surface area contributed by atoms with Gasteiger partial charge in [0, 0.05) is 0 Å². The summed E-state index contributed by atoms with van der Waals surface area (Å²) in [4.78, 5) is 22.4. The van der Waals surface area contributed by atoms with Crippen molar-refractivity contribution in [3.63, 3.8) is 0 Å². The highest BCUT2D eigenvalue weighted by Gasteiger charge is 2.23. The largest absolute Gasteiger partial charge is 0.387 e. The van der Waals surface area contributed by atoms with E-state index in [1.54, 1.807) is 12.2 Å². The third-order valence-corrected chi connectivity index (χ3v) is 2.49. The van der Waals surface area contributed by atoms with Crippen molar-refractivity contribution in [2.24, 2.45) is 0 Å². The van der Waals surface area contributed by atoms with Crippen molar-refractivity contribution in [3.05, 3.63) is 23.9 Å². The number of allylic oxidation sites excluding steroid dienone is 4. The van der Waals surface area contributed by atoms with Crippen molar-refractivity contribution in [3.8, 4) is 0 Å². The maximum atomic E-state index is 11.4. The van der Waals surface area contributed by atoms with Gasteiger partial charge in [-0.25, -0.2) is 0 Å². The number of hydrogen-bond acceptors (Lipinski definition) is 3. The van der Waals surface area contributed by atoms with Crippen LogP contribution < -0.4 is 5.32 Å². The van der Waals surface area contributed by atoms with E-state index in [2.05, 4.69) is 12.6 Å². The molecule has 0 bridgehead atoms. The molecule has 1 radical (unpaired) electrons. The van der Waals surface area contributed by atoms with Crippen LogP contribution in [-0.4, -0.2) is 24.8 Å². The van der Waals surface area contributed by atoms with E-state index in [-0.39, 0.29) is 5.94 Å². The smallest absolute Gasteiger partial charge is 0.248 e. The molecule has 3 nitrogen and oxygen atoms in total. The second kappa shape index (κ2) is 3.82. The van der Waals surface area contributed by atoms with Gasteiger partial charge in [0.25, 0.3) is 0 Å². The quantitative estimate of drug-likeness (QED) is 0.387. The molecule has 0 amide bonds. The van der Waals surface area contributed by atoms with Gasteiger partial charge in [-0.05, 0) is 24.5 Å². The first-order valence-corrected chi connectivity index (χ1v) is 4.84. The van der Waals surface area contributed by atoms with Gasteiger partial charge in [-0.1, -0.05) is 18.8 Å². The van der Waals surface area contributed by atoms with Gasteiger partial charge in [0.15, 0.2) is 0 Å². The summed E-state index contributed by atoms with van der Waals surface area (Å²) in [6.45, 7) is 0. The number of carbonyl (C=O) groups is 2. The van der Waals surface area contributed by atoms with Gasteiger partial charge in [-0.2, -0.15) is 0 Å². The van der Waals surface area contributed by atoms with Crippen molar-refractivity contribution < 1.29 is 9.59 Å². The summed E-state index contributed by atoms with van der Waals surface area (Å²) in [7, 11) is 2.15. The average molecular weight is 188 g/mol. The summed E-state index contributed by atoms with van der Waals surface area (Å²) in [5.41, 5.74) is 0.431. The first-order chi connectivity index (χ1) is 6.77. The van der Waals surface area contributed by atoms with Crippen LogP contribution in [0.15, 0.2) is 23.9 Å². The van der Waals surface area contributed by atoms with E-state index in [1.165, 1.54) is 6.08 Å². The van der Waals surface area contributed by atoms with E-state index >= 15 is 0 Å². The fraction of sp³-hybridized carbons (Fsp3) is 0.400. The van der Waals surface area contributed by atoms with Crippen molar-refractivity contribution in [2.75, 3.05) is 0 Å². The number of rotatable bonds is 2. The summed E-state index contributed by atoms with van der Waals surface area (Å²) >= 11 is 0. The zero-order chi connectivity index (χ0) is 9.97. The predicted octanol–water partition coefficient (Wildman–Crippen LogP) is 0.410. The molecule has 1 aliphatic carbocycles. The molecule has 1 aliphatic heterocycles. The van der Waals surface area contributed by atoms with Gasteiger partial charge in [-0.15, -0.1) is 0 Å². The minimum absolute atomic E-state index is 0.254. The second-order valence-electron chi connectivity index (χ2n) is 3.55. The van der Waals surface area contributed by atoms with E-state index in [0.717, 1.165) is 19.2 Å². The third-order valence-electron chi connectivity index (χ3n) is 2.49. The fourth-order valence-corrected chi connectivity index (χ4v) is 1.73. The standard InChI is InChI=1S/C10H11BNO2/c13-8-4-1-3-7(10(8)14)12-9-5-2-6-11-9/h1,3-4,9,12H,2,5-6H2. The van der Waals surface area contributed by atoms with Crippen molar-refractivity contribution in [1.82, 2.24) is 5.32 Å². The van der Waals surface area contributed by atoms with E-state index in [1.807, 2.05) is 0 Å². The monoisotopic (exact) mass is 188 g/mol. The van der Waals surface area contributed by atoms with Crippen molar-refractivity contribution >= 4 is 18.8 Å². The number of ketones is 2. The number of Topliss-reactive ketones (excluding diaryl/α,β-unsaturated/α-hetero) is 1. The van der Waals surface area contributed by atoms with Gasteiger partial charge in [-0.3, -0.25) is 9.59 Å². The molecule has 1 N–H and O–H groups in total. The molecule has 4 heteroatoms. The van der Waals surface area contributed by atoms with Gasteiger partial charge in [0.05, 0.1) is 5.70 Å². The Morgan fingerprint density at radius 1 is 1.43 bits per heavy atom. The third kappa shape index (κ3) is 1.79. The van der Waals surface area contributed by atoms with Gasteiger partial charge >= 0.3 is 0 Å². The molecular weight excluding hydrogens is 177 g/mol. The van der Waals surface area contributed by atoms with Gasteiger partial charge in [0.2, 0.25) is 11.6 Å². The van der Waals surface area contributed by atoms with Crippen LogP contribution in [0.5, 0.6) is 0 Å². The van der Waals surface area contributed by atoms with Crippen LogP contribution in [0, 0.1) is 0 Å². The normalized spacial score (nSPS) is 26.0. The minimum Gasteiger partial charge on any atom is -0.387 e. The Kier molecular flexibility index (Phi) is 2.52. The zero-order valence-electron chi connectivity index (χ0n) is 7.82. The lowest BCUT2D eigenvalue weighted by atomic mass is 9.72. The van der Waals surface area contributed by atoms with E-state index < -0.39 is 11.6 Å². The van der Waals surface area contributed by atoms with E-state index in [9.17, 15) is 9.59 Å². The molecular formula is C10H11BNO2. The SMILES string of the molecule is O=C1C=CC=C(NC2[B]CCC2)C1=O. The Balaban J connectivity index is 2.03. The molecule has 0 aromatic heterocycles. The predicted molar refractivity (Wildman–Crippen MR) is 54.0 cm³/mol. The van der Waals surface area contributed by atoms with Crippen LogP contribution in [0.2, 0.25) is 6.32 Å². The highest BCUT2D eigenvalue weighted by atomic mass is 16.2. The zero-order valence-corrected chi connectivity index (χ0v) is 7.82. The van der Waals surface area contributed by atoms with Crippen LogP contribution in [0.1, 0.15) is 12.8 Å². The van der Waals surface area contributed by atoms with E-state index in [4.69, 9.17) is 0 Å². The molecule has 1 atom stereocenters. The Hall–Kier alpha value is -1.32. The summed E-state index contributed by atoms with van der Waals surface area (Å²) in [5, 5.41) is 3.08. The van der Waals surface area contributed by atoms with Gasteiger partial charge in [0.1, 0.15) is 7.28 Å². The molecule has 0 aromatic carbocycles. The molecule has 71 valence electrons. The fourth-order valence-electron chi connectivity index (χ4n) is 1.73. The summed E-state index contributed by atoms with van der Waals surface area (Å²) in [6, 6.07) is 0. The van der Waals surface area contributed by atoms with Crippen LogP contribution in [0.4, 0.5) is 0 Å².